The zero-order valence-corrected chi connectivity index (χ0v) is 10.0. The van der Waals surface area contributed by atoms with E-state index in [0.29, 0.717) is 12.1 Å². The summed E-state index contributed by atoms with van der Waals surface area (Å²) in [6.45, 7) is 5.79. The Morgan fingerprint density at radius 2 is 2.27 bits per heavy atom. The van der Waals surface area contributed by atoms with Gasteiger partial charge in [0.25, 0.3) is 0 Å². The molecule has 2 N–H and O–H groups in total. The van der Waals surface area contributed by atoms with Gasteiger partial charge in [-0.2, -0.15) is 0 Å². The summed E-state index contributed by atoms with van der Waals surface area (Å²) in [5.74, 6) is 0. The van der Waals surface area contributed by atoms with Crippen molar-refractivity contribution >= 4 is 0 Å². The van der Waals surface area contributed by atoms with Gasteiger partial charge in [-0.1, -0.05) is 20.3 Å². The largest absolute Gasteiger partial charge is 0.392 e. The molecule has 0 saturated carbocycles. The van der Waals surface area contributed by atoms with Crippen LogP contribution in [-0.2, 0) is 4.74 Å². The Hall–Kier alpha value is -0.120. The molecule has 3 atom stereocenters. The van der Waals surface area contributed by atoms with Crippen molar-refractivity contribution in [1.82, 2.24) is 5.32 Å². The Morgan fingerprint density at radius 3 is 2.93 bits per heavy atom. The lowest BCUT2D eigenvalue weighted by Gasteiger charge is -2.30. The van der Waals surface area contributed by atoms with Gasteiger partial charge in [0.1, 0.15) is 0 Å². The Bertz CT molecular complexity index is 162. The Balaban J connectivity index is 2.18. The number of ether oxygens (including phenoxy) is 1. The zero-order chi connectivity index (χ0) is 11.1. The van der Waals surface area contributed by atoms with E-state index in [1.165, 1.54) is 6.42 Å². The molecule has 0 aromatic rings. The molecule has 0 aromatic carbocycles. The predicted molar refractivity (Wildman–Crippen MR) is 62.0 cm³/mol. The third kappa shape index (κ3) is 4.96. The van der Waals surface area contributed by atoms with Gasteiger partial charge < -0.3 is 15.2 Å². The number of rotatable bonds is 6. The molecule has 1 heterocycles. The maximum absolute atomic E-state index is 9.46. The molecule has 0 bridgehead atoms. The molecule has 3 unspecified atom stereocenters. The third-order valence-electron chi connectivity index (χ3n) is 3.09. The maximum Gasteiger partial charge on any atom is 0.0662 e. The second-order valence-corrected chi connectivity index (χ2v) is 4.47. The number of aliphatic hydroxyl groups excluding tert-OH is 1. The van der Waals surface area contributed by atoms with Crippen LogP contribution in [0.2, 0.25) is 0 Å². The molecule has 0 radical (unpaired) electrons. The van der Waals surface area contributed by atoms with Crippen molar-refractivity contribution in [2.45, 2.75) is 64.2 Å². The average Bonchev–Trinajstić information content (AvgIpc) is 2.27. The standard InChI is InChI=1S/C12H25NO2/c1-3-5-12-8-10(6-7-15-12)13-9-11(14)4-2/h10-14H,3-9H2,1-2H3. The summed E-state index contributed by atoms with van der Waals surface area (Å²) in [4.78, 5) is 0. The summed E-state index contributed by atoms with van der Waals surface area (Å²) >= 11 is 0. The van der Waals surface area contributed by atoms with Gasteiger partial charge in [-0.25, -0.2) is 0 Å². The van der Waals surface area contributed by atoms with E-state index in [4.69, 9.17) is 4.74 Å². The smallest absolute Gasteiger partial charge is 0.0662 e. The molecule has 1 aliphatic rings. The van der Waals surface area contributed by atoms with E-state index in [-0.39, 0.29) is 6.10 Å². The monoisotopic (exact) mass is 215 g/mol. The van der Waals surface area contributed by atoms with Gasteiger partial charge in [0.2, 0.25) is 0 Å². The van der Waals surface area contributed by atoms with Crippen LogP contribution in [-0.4, -0.2) is 36.5 Å². The van der Waals surface area contributed by atoms with Gasteiger partial charge in [0.05, 0.1) is 12.2 Å². The fourth-order valence-corrected chi connectivity index (χ4v) is 2.04. The first-order valence-electron chi connectivity index (χ1n) is 6.29. The second kappa shape index (κ2) is 7.20. The van der Waals surface area contributed by atoms with Crippen LogP contribution in [0.4, 0.5) is 0 Å². The number of hydrogen-bond acceptors (Lipinski definition) is 3. The first-order chi connectivity index (χ1) is 7.26. The minimum Gasteiger partial charge on any atom is -0.392 e. The number of hydrogen-bond donors (Lipinski definition) is 2. The summed E-state index contributed by atoms with van der Waals surface area (Å²) in [6, 6.07) is 0.538. The van der Waals surface area contributed by atoms with Crippen molar-refractivity contribution in [1.29, 1.82) is 0 Å². The molecule has 0 aliphatic carbocycles. The number of nitrogens with one attached hydrogen (secondary N) is 1. The van der Waals surface area contributed by atoms with Crippen LogP contribution < -0.4 is 5.32 Å². The highest BCUT2D eigenvalue weighted by molar-refractivity contribution is 4.77. The first kappa shape index (κ1) is 12.9. The van der Waals surface area contributed by atoms with Crippen LogP contribution in [0.25, 0.3) is 0 Å². The van der Waals surface area contributed by atoms with E-state index < -0.39 is 0 Å². The fraction of sp³-hybridized carbons (Fsp3) is 1.00. The van der Waals surface area contributed by atoms with Crippen molar-refractivity contribution < 1.29 is 9.84 Å². The lowest BCUT2D eigenvalue weighted by atomic mass is 10.00. The predicted octanol–water partition coefficient (Wildman–Crippen LogP) is 1.69. The lowest BCUT2D eigenvalue weighted by molar-refractivity contribution is -0.00508. The average molecular weight is 215 g/mol. The van der Waals surface area contributed by atoms with Crippen LogP contribution in [0.15, 0.2) is 0 Å². The van der Waals surface area contributed by atoms with Crippen LogP contribution >= 0.6 is 0 Å². The van der Waals surface area contributed by atoms with E-state index in [9.17, 15) is 5.11 Å². The molecule has 1 saturated heterocycles. The van der Waals surface area contributed by atoms with Crippen molar-refractivity contribution in [3.05, 3.63) is 0 Å². The van der Waals surface area contributed by atoms with Crippen molar-refractivity contribution in [2.24, 2.45) is 0 Å². The highest BCUT2D eigenvalue weighted by Crippen LogP contribution is 2.17. The third-order valence-corrected chi connectivity index (χ3v) is 3.09. The lowest BCUT2D eigenvalue weighted by Crippen LogP contribution is -2.42. The summed E-state index contributed by atoms with van der Waals surface area (Å²) in [5, 5.41) is 12.9. The van der Waals surface area contributed by atoms with Crippen molar-refractivity contribution in [3.8, 4) is 0 Å². The van der Waals surface area contributed by atoms with Crippen molar-refractivity contribution in [2.75, 3.05) is 13.2 Å². The van der Waals surface area contributed by atoms with Gasteiger partial charge in [0.15, 0.2) is 0 Å². The summed E-state index contributed by atoms with van der Waals surface area (Å²) in [7, 11) is 0. The molecule has 3 heteroatoms. The highest BCUT2D eigenvalue weighted by atomic mass is 16.5. The van der Waals surface area contributed by atoms with Gasteiger partial charge in [-0.3, -0.25) is 0 Å². The molecule has 1 aliphatic heterocycles. The minimum absolute atomic E-state index is 0.197. The van der Waals surface area contributed by atoms with E-state index in [2.05, 4.69) is 12.2 Å². The second-order valence-electron chi connectivity index (χ2n) is 4.47. The zero-order valence-electron chi connectivity index (χ0n) is 10.0. The molecule has 15 heavy (non-hydrogen) atoms. The van der Waals surface area contributed by atoms with Gasteiger partial charge >= 0.3 is 0 Å². The molecular weight excluding hydrogens is 190 g/mol. The SMILES string of the molecule is CCCC1CC(NCC(O)CC)CCO1. The topological polar surface area (TPSA) is 41.5 Å². The summed E-state index contributed by atoms with van der Waals surface area (Å²) in [6.07, 6.45) is 5.59. The maximum atomic E-state index is 9.46. The van der Waals surface area contributed by atoms with Crippen LogP contribution in [0, 0.1) is 0 Å². The van der Waals surface area contributed by atoms with Gasteiger partial charge in [-0.15, -0.1) is 0 Å². The van der Waals surface area contributed by atoms with Crippen LogP contribution in [0.5, 0.6) is 0 Å². The van der Waals surface area contributed by atoms with E-state index in [0.717, 1.165) is 38.8 Å². The van der Waals surface area contributed by atoms with Crippen LogP contribution in [0.1, 0.15) is 46.0 Å². The Kier molecular flexibility index (Phi) is 6.22. The fourth-order valence-electron chi connectivity index (χ4n) is 2.04. The Labute approximate surface area is 93.2 Å². The molecule has 0 aromatic heterocycles. The van der Waals surface area contributed by atoms with E-state index in [1.54, 1.807) is 0 Å². The molecule has 0 amide bonds. The van der Waals surface area contributed by atoms with Gasteiger partial charge in [0, 0.05) is 19.2 Å². The van der Waals surface area contributed by atoms with Gasteiger partial charge in [-0.05, 0) is 25.7 Å². The molecule has 3 nitrogen and oxygen atoms in total. The summed E-state index contributed by atoms with van der Waals surface area (Å²) < 4.78 is 5.68. The number of aliphatic hydroxyl groups is 1. The molecule has 1 rings (SSSR count). The minimum atomic E-state index is -0.197. The van der Waals surface area contributed by atoms with E-state index in [1.807, 2.05) is 6.92 Å². The quantitative estimate of drug-likeness (QED) is 0.708. The molecule has 90 valence electrons. The molecular formula is C12H25NO2. The Morgan fingerprint density at radius 1 is 1.47 bits per heavy atom. The summed E-state index contributed by atoms with van der Waals surface area (Å²) in [5.41, 5.74) is 0. The van der Waals surface area contributed by atoms with E-state index >= 15 is 0 Å². The van der Waals surface area contributed by atoms with Crippen LogP contribution in [0.3, 0.4) is 0 Å². The normalized spacial score (nSPS) is 29.0. The molecule has 1 fully saturated rings. The van der Waals surface area contributed by atoms with Crippen molar-refractivity contribution in [3.63, 3.8) is 0 Å². The first-order valence-corrected chi connectivity index (χ1v) is 6.29. The molecule has 0 spiro atoms. The highest BCUT2D eigenvalue weighted by Gasteiger charge is 2.21.